The van der Waals surface area contributed by atoms with Crippen LogP contribution in [0.25, 0.3) is 0 Å². The van der Waals surface area contributed by atoms with E-state index in [-0.39, 0.29) is 0 Å². The van der Waals surface area contributed by atoms with Gasteiger partial charge in [-0.3, -0.25) is 0 Å². The third kappa shape index (κ3) is 2.27. The fourth-order valence-corrected chi connectivity index (χ4v) is 0.698. The van der Waals surface area contributed by atoms with Crippen LogP contribution in [0.2, 0.25) is 0 Å². The van der Waals surface area contributed by atoms with Crippen LogP contribution in [0, 0.1) is 5.92 Å². The monoisotopic (exact) mass is 190 g/mol. The van der Waals surface area contributed by atoms with Crippen molar-refractivity contribution in [1.82, 2.24) is 0 Å². The maximum absolute atomic E-state index is 13.3. The van der Waals surface area contributed by atoms with Crippen LogP contribution in [0.5, 0.6) is 0 Å². The fourth-order valence-electron chi connectivity index (χ4n) is 0.698. The minimum atomic E-state index is -2.60. The molecule has 0 aromatic heterocycles. The molecule has 5 heteroatoms. The molecule has 0 aliphatic rings. The Morgan fingerprint density at radius 1 is 1.46 bits per heavy atom. The molecule has 0 aliphatic carbocycles. The number of carboxylic acids is 2. The Morgan fingerprint density at radius 3 is 2.08 bits per heavy atom. The van der Waals surface area contributed by atoms with Gasteiger partial charge in [0.1, 0.15) is 0 Å². The molecule has 0 aromatic rings. The standard InChI is InChI=1S/C8H11FO4/c1-4(6(10)11)5(2)8(3,9)7(12)13/h5H,1H2,2-3H3,(H,10,11)(H,12,13)/t5?,8-/m0/s1. The normalized spacial score (nSPS) is 17.2. The van der Waals surface area contributed by atoms with E-state index < -0.39 is 29.1 Å². The van der Waals surface area contributed by atoms with Crippen molar-refractivity contribution in [2.24, 2.45) is 5.92 Å². The van der Waals surface area contributed by atoms with E-state index in [1.54, 1.807) is 0 Å². The van der Waals surface area contributed by atoms with E-state index in [0.717, 1.165) is 6.92 Å². The molecule has 4 nitrogen and oxygen atoms in total. The van der Waals surface area contributed by atoms with Gasteiger partial charge in [-0.05, 0) is 6.92 Å². The minimum absolute atomic E-state index is 0.451. The molecule has 0 rings (SSSR count). The first-order valence-electron chi connectivity index (χ1n) is 3.55. The second kappa shape index (κ2) is 3.55. The van der Waals surface area contributed by atoms with Gasteiger partial charge in [-0.1, -0.05) is 13.5 Å². The van der Waals surface area contributed by atoms with Crippen molar-refractivity contribution in [2.75, 3.05) is 0 Å². The van der Waals surface area contributed by atoms with Crippen molar-refractivity contribution in [3.63, 3.8) is 0 Å². The lowest BCUT2D eigenvalue weighted by Crippen LogP contribution is -2.39. The molecule has 0 aliphatic heterocycles. The molecule has 74 valence electrons. The largest absolute Gasteiger partial charge is 0.479 e. The molecule has 0 spiro atoms. The first-order valence-corrected chi connectivity index (χ1v) is 3.55. The highest BCUT2D eigenvalue weighted by Crippen LogP contribution is 2.27. The molecule has 0 heterocycles. The Labute approximate surface area is 74.7 Å². The SMILES string of the molecule is C=C(C(=O)O)C(C)[C@](C)(F)C(=O)O. The lowest BCUT2D eigenvalue weighted by atomic mass is 9.87. The van der Waals surface area contributed by atoms with Crippen molar-refractivity contribution in [2.45, 2.75) is 19.5 Å². The molecular weight excluding hydrogens is 179 g/mol. The average Bonchev–Trinajstić information content (AvgIpc) is 2.01. The van der Waals surface area contributed by atoms with Crippen LogP contribution in [0.1, 0.15) is 13.8 Å². The summed E-state index contributed by atoms with van der Waals surface area (Å²) in [6.45, 7) is 5.08. The van der Waals surface area contributed by atoms with Gasteiger partial charge in [-0.25, -0.2) is 14.0 Å². The zero-order valence-electron chi connectivity index (χ0n) is 7.37. The highest BCUT2D eigenvalue weighted by Gasteiger charge is 2.42. The second-order valence-electron chi connectivity index (χ2n) is 2.93. The summed E-state index contributed by atoms with van der Waals surface area (Å²) in [5.74, 6) is -4.34. The van der Waals surface area contributed by atoms with Crippen LogP contribution >= 0.6 is 0 Å². The van der Waals surface area contributed by atoms with Gasteiger partial charge in [0.15, 0.2) is 0 Å². The van der Waals surface area contributed by atoms with E-state index in [0.29, 0.717) is 0 Å². The highest BCUT2D eigenvalue weighted by atomic mass is 19.1. The molecule has 0 fully saturated rings. The smallest absolute Gasteiger partial charge is 0.341 e. The summed E-state index contributed by atoms with van der Waals surface area (Å²) in [5.41, 5.74) is -3.05. The Hall–Kier alpha value is -1.39. The molecule has 2 N–H and O–H groups in total. The summed E-state index contributed by atoms with van der Waals surface area (Å²) in [6, 6.07) is 0. The zero-order chi connectivity index (χ0) is 10.8. The van der Waals surface area contributed by atoms with Gasteiger partial charge in [-0.2, -0.15) is 0 Å². The minimum Gasteiger partial charge on any atom is -0.479 e. The average molecular weight is 190 g/mol. The number of rotatable bonds is 4. The number of alkyl halides is 1. The van der Waals surface area contributed by atoms with Crippen molar-refractivity contribution >= 4 is 11.9 Å². The van der Waals surface area contributed by atoms with E-state index >= 15 is 0 Å². The molecule has 0 aromatic carbocycles. The summed E-state index contributed by atoms with van der Waals surface area (Å²) in [5, 5.41) is 16.9. The molecule has 0 bridgehead atoms. The Bertz CT molecular complexity index is 257. The van der Waals surface area contributed by atoms with Crippen LogP contribution in [0.15, 0.2) is 12.2 Å². The number of carboxylic acid groups (broad SMARTS) is 2. The van der Waals surface area contributed by atoms with Gasteiger partial charge < -0.3 is 10.2 Å². The van der Waals surface area contributed by atoms with Gasteiger partial charge in [0.25, 0.3) is 0 Å². The highest BCUT2D eigenvalue weighted by molar-refractivity contribution is 5.89. The van der Waals surface area contributed by atoms with Crippen LogP contribution in [-0.4, -0.2) is 27.8 Å². The maximum atomic E-state index is 13.3. The van der Waals surface area contributed by atoms with Crippen molar-refractivity contribution in [3.05, 3.63) is 12.2 Å². The van der Waals surface area contributed by atoms with E-state index in [9.17, 15) is 14.0 Å². The summed E-state index contributed by atoms with van der Waals surface area (Å²) >= 11 is 0. The Balaban J connectivity index is 4.79. The van der Waals surface area contributed by atoms with E-state index in [2.05, 4.69) is 6.58 Å². The fraction of sp³-hybridized carbons (Fsp3) is 0.500. The van der Waals surface area contributed by atoms with E-state index in [1.807, 2.05) is 0 Å². The van der Waals surface area contributed by atoms with Gasteiger partial charge >= 0.3 is 11.9 Å². The van der Waals surface area contributed by atoms with Crippen molar-refractivity contribution < 1.29 is 24.2 Å². The third-order valence-electron chi connectivity index (χ3n) is 2.03. The second-order valence-corrected chi connectivity index (χ2v) is 2.93. The molecule has 2 atom stereocenters. The molecule has 0 amide bonds. The lowest BCUT2D eigenvalue weighted by molar-refractivity contribution is -0.152. The first-order chi connectivity index (χ1) is 5.71. The topological polar surface area (TPSA) is 74.6 Å². The molecule has 0 saturated heterocycles. The third-order valence-corrected chi connectivity index (χ3v) is 2.03. The molecular formula is C8H11FO4. The lowest BCUT2D eigenvalue weighted by Gasteiger charge is -2.22. The summed E-state index contributed by atoms with van der Waals surface area (Å²) < 4.78 is 13.3. The van der Waals surface area contributed by atoms with Crippen molar-refractivity contribution in [3.8, 4) is 0 Å². The van der Waals surface area contributed by atoms with Gasteiger partial charge in [0.2, 0.25) is 5.67 Å². The molecule has 0 radical (unpaired) electrons. The van der Waals surface area contributed by atoms with Crippen molar-refractivity contribution in [1.29, 1.82) is 0 Å². The number of halogens is 1. The summed E-state index contributed by atoms with van der Waals surface area (Å²) in [7, 11) is 0. The molecule has 1 unspecified atom stereocenters. The van der Waals surface area contributed by atoms with Crippen LogP contribution in [0.4, 0.5) is 4.39 Å². The van der Waals surface area contributed by atoms with Gasteiger partial charge in [0, 0.05) is 11.5 Å². The number of hydrogen-bond acceptors (Lipinski definition) is 2. The zero-order valence-corrected chi connectivity index (χ0v) is 7.37. The Kier molecular flexibility index (Phi) is 3.17. The quantitative estimate of drug-likeness (QED) is 0.650. The number of carbonyl (C=O) groups is 2. The van der Waals surface area contributed by atoms with Crippen LogP contribution in [-0.2, 0) is 9.59 Å². The van der Waals surface area contributed by atoms with E-state index in [1.165, 1.54) is 6.92 Å². The number of hydrogen-bond donors (Lipinski definition) is 2. The number of aliphatic carboxylic acids is 2. The predicted molar refractivity (Wildman–Crippen MR) is 43.1 cm³/mol. The van der Waals surface area contributed by atoms with Gasteiger partial charge in [-0.15, -0.1) is 0 Å². The predicted octanol–water partition coefficient (Wildman–Crippen LogP) is 1.08. The van der Waals surface area contributed by atoms with Crippen LogP contribution in [0.3, 0.4) is 0 Å². The van der Waals surface area contributed by atoms with Gasteiger partial charge in [0.05, 0.1) is 0 Å². The molecule has 0 saturated carbocycles. The maximum Gasteiger partial charge on any atom is 0.341 e. The first kappa shape index (κ1) is 11.6. The Morgan fingerprint density at radius 2 is 1.85 bits per heavy atom. The van der Waals surface area contributed by atoms with E-state index in [4.69, 9.17) is 10.2 Å². The summed E-state index contributed by atoms with van der Waals surface area (Å²) in [6.07, 6.45) is 0. The van der Waals surface area contributed by atoms with Crippen LogP contribution < -0.4 is 0 Å². The summed E-state index contributed by atoms with van der Waals surface area (Å²) in [4.78, 5) is 20.7. The molecule has 13 heavy (non-hydrogen) atoms.